The zero-order chi connectivity index (χ0) is 27.5. The summed E-state index contributed by atoms with van der Waals surface area (Å²) in [6.07, 6.45) is 1.44. The van der Waals surface area contributed by atoms with Crippen LogP contribution < -0.4 is 15.4 Å². The van der Waals surface area contributed by atoms with E-state index in [2.05, 4.69) is 34.7 Å². The topological polar surface area (TPSA) is 96.1 Å². The lowest BCUT2D eigenvalue weighted by atomic mass is 10.0. The first-order valence-corrected chi connectivity index (χ1v) is 13.7. The van der Waals surface area contributed by atoms with E-state index in [1.54, 1.807) is 35.6 Å². The number of thiazole rings is 1. The van der Waals surface area contributed by atoms with E-state index >= 15 is 0 Å². The molecule has 0 aliphatic carbocycles. The number of nitrogens with one attached hydrogen (secondary N) is 3. The van der Waals surface area contributed by atoms with Crippen LogP contribution >= 0.6 is 11.3 Å². The minimum Gasteiger partial charge on any atom is -0.410 e. The predicted octanol–water partition coefficient (Wildman–Crippen LogP) is 7.09. The number of anilines is 1. The maximum atomic E-state index is 13.5. The lowest BCUT2D eigenvalue weighted by Crippen LogP contribution is -2.46. The largest absolute Gasteiger partial charge is 0.413 e. The number of rotatable bonds is 7. The molecule has 7 nitrogen and oxygen atoms in total. The molecule has 2 heterocycles. The van der Waals surface area contributed by atoms with Crippen molar-refractivity contribution in [2.75, 3.05) is 5.32 Å². The maximum Gasteiger partial charge on any atom is 0.413 e. The first-order valence-electron chi connectivity index (χ1n) is 12.9. The van der Waals surface area contributed by atoms with Gasteiger partial charge in [0.05, 0.1) is 10.2 Å². The number of nitrogens with zero attached hydrogens (tertiary/aromatic N) is 1. The van der Waals surface area contributed by atoms with Crippen LogP contribution in [0.15, 0.2) is 103 Å². The second-order valence-electron chi connectivity index (χ2n) is 9.52. The highest BCUT2D eigenvalue weighted by molar-refractivity contribution is 7.21. The summed E-state index contributed by atoms with van der Waals surface area (Å²) < 4.78 is 6.55. The Kier molecular flexibility index (Phi) is 6.99. The van der Waals surface area contributed by atoms with Gasteiger partial charge in [-0.1, -0.05) is 42.5 Å². The Morgan fingerprint density at radius 1 is 0.950 bits per heavy atom. The number of amides is 2. The molecule has 0 aliphatic rings. The Bertz CT molecular complexity index is 1810. The number of aryl methyl sites for hydroxylation is 1. The van der Waals surface area contributed by atoms with Crippen LogP contribution in [0, 0.1) is 6.92 Å². The maximum absolute atomic E-state index is 13.5. The summed E-state index contributed by atoms with van der Waals surface area (Å²) in [5.41, 5.74) is 5.63. The number of benzene rings is 4. The second kappa shape index (κ2) is 11.0. The van der Waals surface area contributed by atoms with Crippen LogP contribution in [0.1, 0.15) is 11.1 Å². The van der Waals surface area contributed by atoms with Crippen molar-refractivity contribution >= 4 is 50.1 Å². The Morgan fingerprint density at radius 3 is 2.55 bits per heavy atom. The van der Waals surface area contributed by atoms with E-state index in [1.165, 1.54) is 5.56 Å². The molecule has 3 N–H and O–H groups in total. The van der Waals surface area contributed by atoms with Crippen molar-refractivity contribution in [2.45, 2.75) is 19.4 Å². The summed E-state index contributed by atoms with van der Waals surface area (Å²) >= 11 is 1.64. The predicted molar refractivity (Wildman–Crippen MR) is 160 cm³/mol. The summed E-state index contributed by atoms with van der Waals surface area (Å²) in [5, 5.41) is 7.61. The number of carbonyl (C=O) groups excluding carboxylic acids is 2. The van der Waals surface area contributed by atoms with Gasteiger partial charge in [-0.3, -0.25) is 4.79 Å². The van der Waals surface area contributed by atoms with Crippen molar-refractivity contribution in [1.29, 1.82) is 0 Å². The highest BCUT2D eigenvalue weighted by Crippen LogP contribution is 2.31. The van der Waals surface area contributed by atoms with Gasteiger partial charge < -0.3 is 20.4 Å². The van der Waals surface area contributed by atoms with Crippen LogP contribution in [0.25, 0.3) is 31.7 Å². The van der Waals surface area contributed by atoms with Gasteiger partial charge in [0.1, 0.15) is 16.8 Å². The number of carbonyl (C=O) groups is 2. The summed E-state index contributed by atoms with van der Waals surface area (Å²) in [4.78, 5) is 34.2. The van der Waals surface area contributed by atoms with Crippen LogP contribution in [0.3, 0.4) is 0 Å². The highest BCUT2D eigenvalue weighted by Gasteiger charge is 2.24. The third-order valence-electron chi connectivity index (χ3n) is 6.60. The number of aromatic nitrogens is 2. The molecule has 0 radical (unpaired) electrons. The minimum atomic E-state index is -0.873. The quantitative estimate of drug-likeness (QED) is 0.199. The Labute approximate surface area is 234 Å². The van der Waals surface area contributed by atoms with Gasteiger partial charge >= 0.3 is 6.09 Å². The van der Waals surface area contributed by atoms with E-state index in [4.69, 9.17) is 9.72 Å². The smallest absolute Gasteiger partial charge is 0.410 e. The van der Waals surface area contributed by atoms with Gasteiger partial charge in [0.2, 0.25) is 5.91 Å². The van der Waals surface area contributed by atoms with Crippen LogP contribution in [0.4, 0.5) is 10.5 Å². The zero-order valence-corrected chi connectivity index (χ0v) is 22.5. The van der Waals surface area contributed by atoms with Crippen molar-refractivity contribution in [1.82, 2.24) is 15.3 Å². The van der Waals surface area contributed by atoms with Gasteiger partial charge in [0, 0.05) is 34.8 Å². The number of H-pyrrole nitrogens is 1. The number of fused-ring (bicyclic) bond motifs is 2. The second-order valence-corrected chi connectivity index (χ2v) is 10.6. The van der Waals surface area contributed by atoms with Crippen LogP contribution in [0.2, 0.25) is 0 Å². The molecule has 0 spiro atoms. The Morgan fingerprint density at radius 2 is 1.73 bits per heavy atom. The fourth-order valence-corrected chi connectivity index (χ4v) is 5.65. The molecule has 2 amide bonds. The van der Waals surface area contributed by atoms with E-state index in [0.717, 1.165) is 37.3 Å². The van der Waals surface area contributed by atoms with Crippen LogP contribution in [-0.4, -0.2) is 28.0 Å². The van der Waals surface area contributed by atoms with E-state index < -0.39 is 12.1 Å². The molecule has 4 aromatic carbocycles. The Balaban J connectivity index is 1.20. The molecule has 0 unspecified atom stereocenters. The summed E-state index contributed by atoms with van der Waals surface area (Å²) in [5.74, 6) is 0.0466. The first kappa shape index (κ1) is 25.3. The van der Waals surface area contributed by atoms with Crippen molar-refractivity contribution in [3.05, 3.63) is 114 Å². The normalized spacial score (nSPS) is 11.8. The average Bonchev–Trinajstić information content (AvgIpc) is 3.57. The number of hydrogen-bond acceptors (Lipinski definition) is 5. The summed E-state index contributed by atoms with van der Waals surface area (Å²) in [6, 6.07) is 29.5. The molecule has 6 aromatic rings. The number of ether oxygens (including phenoxy) is 1. The van der Waals surface area contributed by atoms with Crippen molar-refractivity contribution < 1.29 is 14.3 Å². The molecule has 8 heteroatoms. The summed E-state index contributed by atoms with van der Waals surface area (Å²) in [6.45, 7) is 2.07. The Hall–Kier alpha value is -4.95. The van der Waals surface area contributed by atoms with Crippen LogP contribution in [-0.2, 0) is 11.2 Å². The minimum absolute atomic E-state index is 0.281. The van der Waals surface area contributed by atoms with Gasteiger partial charge in [-0.15, -0.1) is 11.3 Å². The molecule has 40 heavy (non-hydrogen) atoms. The molecule has 198 valence electrons. The molecule has 6 rings (SSSR count). The molecule has 0 saturated heterocycles. The molecule has 0 bridgehead atoms. The van der Waals surface area contributed by atoms with Gasteiger partial charge in [0.15, 0.2) is 0 Å². The van der Waals surface area contributed by atoms with Gasteiger partial charge in [-0.05, 0) is 72.6 Å². The van der Waals surface area contributed by atoms with Gasteiger partial charge in [-0.25, -0.2) is 9.78 Å². The van der Waals surface area contributed by atoms with Gasteiger partial charge in [-0.2, -0.15) is 0 Å². The average molecular weight is 547 g/mol. The SMILES string of the molecule is Cc1ccc2nc(-c3ccc(NC(=O)[C@@H](Cc4c[nH]c5ccccc45)NC(=O)Oc4ccccc4)cc3)sc2c1. The third kappa shape index (κ3) is 5.57. The van der Waals surface area contributed by atoms with Crippen LogP contribution in [0.5, 0.6) is 5.75 Å². The molecule has 2 aromatic heterocycles. The monoisotopic (exact) mass is 546 g/mol. The fraction of sp³-hybridized carbons (Fsp3) is 0.0938. The molecule has 0 fully saturated rings. The molecular formula is C32H26N4O3S. The number of aromatic amines is 1. The van der Waals surface area contributed by atoms with Gasteiger partial charge in [0.25, 0.3) is 0 Å². The number of para-hydroxylation sites is 2. The van der Waals surface area contributed by atoms with Crippen molar-refractivity contribution in [2.24, 2.45) is 0 Å². The van der Waals surface area contributed by atoms with Crippen molar-refractivity contribution in [3.63, 3.8) is 0 Å². The molecule has 0 saturated carbocycles. The van der Waals surface area contributed by atoms with Crippen molar-refractivity contribution in [3.8, 4) is 16.3 Å². The lowest BCUT2D eigenvalue weighted by Gasteiger charge is -2.18. The van der Waals surface area contributed by atoms with E-state index in [1.807, 2.05) is 66.9 Å². The standard InChI is InChI=1S/C32H26N4O3S/c1-20-11-16-27-29(17-20)40-31(35-27)21-12-14-23(15-13-21)34-30(37)28(36-32(38)39-24-7-3-2-4-8-24)18-22-19-33-26-10-6-5-9-25(22)26/h2-17,19,28,33H,18H2,1H3,(H,34,37)(H,36,38)/t28-/m1/s1. The van der Waals surface area contributed by atoms with E-state index in [0.29, 0.717) is 11.4 Å². The highest BCUT2D eigenvalue weighted by atomic mass is 32.1. The molecule has 0 aliphatic heterocycles. The zero-order valence-electron chi connectivity index (χ0n) is 21.7. The first-order chi connectivity index (χ1) is 19.5. The fourth-order valence-electron chi connectivity index (χ4n) is 4.58. The van der Waals surface area contributed by atoms with E-state index in [9.17, 15) is 9.59 Å². The van der Waals surface area contributed by atoms with E-state index in [-0.39, 0.29) is 12.3 Å². The lowest BCUT2D eigenvalue weighted by molar-refractivity contribution is -0.118. The summed E-state index contributed by atoms with van der Waals surface area (Å²) in [7, 11) is 0. The molecular weight excluding hydrogens is 520 g/mol. The molecule has 1 atom stereocenters. The third-order valence-corrected chi connectivity index (χ3v) is 7.67. The number of hydrogen-bond donors (Lipinski definition) is 3.